The minimum absolute atomic E-state index is 0.0150. The number of sulfonamides is 1. The standard InChI is InChI=1S/C13H15ClN4O2S/c14-13-12(4-1-6-15-13)21(19,20)18-8-2-3-10(9-18)11-5-7-16-17-11/h1,4-7,10H,2-3,8-9H2,(H,16,17). The van der Waals surface area contributed by atoms with Crippen molar-refractivity contribution in [2.45, 2.75) is 23.7 Å². The van der Waals surface area contributed by atoms with Crippen LogP contribution in [0.2, 0.25) is 5.15 Å². The van der Waals surface area contributed by atoms with Crippen LogP contribution < -0.4 is 0 Å². The second-order valence-corrected chi connectivity index (χ2v) is 7.27. The fourth-order valence-electron chi connectivity index (χ4n) is 2.61. The van der Waals surface area contributed by atoms with Crippen LogP contribution in [0.5, 0.6) is 0 Å². The Balaban J connectivity index is 1.88. The van der Waals surface area contributed by atoms with Crippen molar-refractivity contribution in [2.75, 3.05) is 13.1 Å². The Morgan fingerprint density at radius 3 is 2.90 bits per heavy atom. The van der Waals surface area contributed by atoms with Crippen LogP contribution in [0.25, 0.3) is 0 Å². The lowest BCUT2D eigenvalue weighted by Crippen LogP contribution is -2.39. The molecule has 8 heteroatoms. The minimum Gasteiger partial charge on any atom is -0.282 e. The van der Waals surface area contributed by atoms with Gasteiger partial charge < -0.3 is 0 Å². The van der Waals surface area contributed by atoms with E-state index in [1.54, 1.807) is 12.3 Å². The molecule has 0 aliphatic carbocycles. The van der Waals surface area contributed by atoms with Gasteiger partial charge in [0.15, 0.2) is 0 Å². The SMILES string of the molecule is O=S(=O)(c1cccnc1Cl)N1CCCC(c2ccn[nH]2)C1. The number of nitrogens with zero attached hydrogens (tertiary/aromatic N) is 3. The second-order valence-electron chi connectivity index (χ2n) is 5.01. The first-order valence-corrected chi connectivity index (χ1v) is 8.51. The molecule has 0 saturated carbocycles. The Kier molecular flexibility index (Phi) is 3.97. The van der Waals surface area contributed by atoms with Gasteiger partial charge in [0.05, 0.1) is 0 Å². The molecule has 1 atom stereocenters. The van der Waals surface area contributed by atoms with Crippen LogP contribution in [0.3, 0.4) is 0 Å². The molecule has 1 aliphatic heterocycles. The van der Waals surface area contributed by atoms with E-state index >= 15 is 0 Å². The van der Waals surface area contributed by atoms with E-state index < -0.39 is 10.0 Å². The third kappa shape index (κ3) is 2.81. The average molecular weight is 327 g/mol. The van der Waals surface area contributed by atoms with Gasteiger partial charge in [0.25, 0.3) is 0 Å². The van der Waals surface area contributed by atoms with Crippen molar-refractivity contribution in [2.24, 2.45) is 0 Å². The molecular weight excluding hydrogens is 312 g/mol. The molecule has 21 heavy (non-hydrogen) atoms. The molecule has 2 aromatic rings. The summed E-state index contributed by atoms with van der Waals surface area (Å²) < 4.78 is 26.9. The Morgan fingerprint density at radius 1 is 1.33 bits per heavy atom. The smallest absolute Gasteiger partial charge is 0.246 e. The molecule has 1 N–H and O–H groups in total. The minimum atomic E-state index is -3.61. The number of piperidine rings is 1. The van der Waals surface area contributed by atoms with Crippen LogP contribution in [0.1, 0.15) is 24.5 Å². The third-order valence-corrected chi connectivity index (χ3v) is 6.00. The third-order valence-electron chi connectivity index (χ3n) is 3.69. The van der Waals surface area contributed by atoms with E-state index in [4.69, 9.17) is 11.6 Å². The zero-order chi connectivity index (χ0) is 14.9. The van der Waals surface area contributed by atoms with Gasteiger partial charge in [0.1, 0.15) is 10.0 Å². The summed E-state index contributed by atoms with van der Waals surface area (Å²) in [7, 11) is -3.61. The predicted molar refractivity (Wildman–Crippen MR) is 78.6 cm³/mol. The summed E-state index contributed by atoms with van der Waals surface area (Å²) in [4.78, 5) is 3.92. The molecule has 0 spiro atoms. The number of nitrogens with one attached hydrogen (secondary N) is 1. The summed E-state index contributed by atoms with van der Waals surface area (Å²) in [6.45, 7) is 0.925. The Labute approximate surface area is 128 Å². The lowest BCUT2D eigenvalue weighted by molar-refractivity contribution is 0.312. The highest BCUT2D eigenvalue weighted by Gasteiger charge is 2.32. The number of H-pyrrole nitrogens is 1. The molecule has 0 bridgehead atoms. The largest absolute Gasteiger partial charge is 0.282 e. The second kappa shape index (κ2) is 5.75. The van der Waals surface area contributed by atoms with Crippen LogP contribution in [-0.4, -0.2) is 41.0 Å². The van der Waals surface area contributed by atoms with Crippen LogP contribution >= 0.6 is 11.6 Å². The van der Waals surface area contributed by atoms with Crippen LogP contribution in [-0.2, 0) is 10.0 Å². The average Bonchev–Trinajstić information content (AvgIpc) is 3.02. The van der Waals surface area contributed by atoms with Crippen molar-refractivity contribution in [3.63, 3.8) is 0 Å². The highest BCUT2D eigenvalue weighted by molar-refractivity contribution is 7.89. The van der Waals surface area contributed by atoms with E-state index in [0.29, 0.717) is 13.1 Å². The summed E-state index contributed by atoms with van der Waals surface area (Å²) in [6.07, 6.45) is 4.90. The first-order valence-electron chi connectivity index (χ1n) is 6.69. The molecule has 3 heterocycles. The van der Waals surface area contributed by atoms with Gasteiger partial charge in [-0.1, -0.05) is 11.6 Å². The fraction of sp³-hybridized carbons (Fsp3) is 0.385. The summed E-state index contributed by atoms with van der Waals surface area (Å²) in [5.74, 6) is 0.131. The zero-order valence-electron chi connectivity index (χ0n) is 11.2. The van der Waals surface area contributed by atoms with Crippen LogP contribution in [0, 0.1) is 0 Å². The first kappa shape index (κ1) is 14.5. The summed E-state index contributed by atoms with van der Waals surface area (Å²) in [5.41, 5.74) is 0.965. The Bertz CT molecular complexity index is 718. The molecule has 1 fully saturated rings. The van der Waals surface area contributed by atoms with Gasteiger partial charge in [-0.05, 0) is 31.0 Å². The molecule has 1 aliphatic rings. The zero-order valence-corrected chi connectivity index (χ0v) is 12.8. The number of pyridine rings is 1. The topological polar surface area (TPSA) is 79.0 Å². The summed E-state index contributed by atoms with van der Waals surface area (Å²) in [6, 6.07) is 4.96. The maximum Gasteiger partial charge on any atom is 0.246 e. The molecule has 0 aromatic carbocycles. The van der Waals surface area contributed by atoms with Gasteiger partial charge in [-0.15, -0.1) is 0 Å². The highest BCUT2D eigenvalue weighted by atomic mass is 35.5. The molecule has 0 radical (unpaired) electrons. The lowest BCUT2D eigenvalue weighted by Gasteiger charge is -2.31. The normalized spacial score (nSPS) is 20.5. The van der Waals surface area contributed by atoms with Crippen molar-refractivity contribution >= 4 is 21.6 Å². The van der Waals surface area contributed by atoms with Gasteiger partial charge in [0, 0.05) is 37.1 Å². The summed E-state index contributed by atoms with van der Waals surface area (Å²) in [5, 5.41) is 6.87. The monoisotopic (exact) mass is 326 g/mol. The van der Waals surface area contributed by atoms with E-state index in [-0.39, 0.29) is 16.0 Å². The quantitative estimate of drug-likeness (QED) is 0.875. The molecule has 1 saturated heterocycles. The maximum absolute atomic E-state index is 12.7. The van der Waals surface area contributed by atoms with Gasteiger partial charge in [-0.25, -0.2) is 13.4 Å². The molecular formula is C13H15ClN4O2S. The van der Waals surface area contributed by atoms with Crippen molar-refractivity contribution < 1.29 is 8.42 Å². The van der Waals surface area contributed by atoms with E-state index in [1.165, 1.54) is 16.6 Å². The molecule has 0 amide bonds. The molecule has 2 aromatic heterocycles. The molecule has 1 unspecified atom stereocenters. The molecule has 112 valence electrons. The Morgan fingerprint density at radius 2 is 2.19 bits per heavy atom. The Hall–Kier alpha value is -1.44. The number of aromatic nitrogens is 3. The lowest BCUT2D eigenvalue weighted by atomic mass is 9.96. The van der Waals surface area contributed by atoms with Crippen molar-refractivity contribution in [1.82, 2.24) is 19.5 Å². The van der Waals surface area contributed by atoms with Crippen LogP contribution in [0.15, 0.2) is 35.5 Å². The number of aromatic amines is 1. The van der Waals surface area contributed by atoms with E-state index in [9.17, 15) is 8.42 Å². The predicted octanol–water partition coefficient (Wildman–Crippen LogP) is 2.03. The van der Waals surface area contributed by atoms with Gasteiger partial charge in [-0.3, -0.25) is 5.10 Å². The van der Waals surface area contributed by atoms with Gasteiger partial charge in [0.2, 0.25) is 10.0 Å². The van der Waals surface area contributed by atoms with Gasteiger partial charge in [-0.2, -0.15) is 9.40 Å². The van der Waals surface area contributed by atoms with Crippen molar-refractivity contribution in [3.05, 3.63) is 41.4 Å². The van der Waals surface area contributed by atoms with E-state index in [1.807, 2.05) is 6.07 Å². The molecule has 3 rings (SSSR count). The number of rotatable bonds is 3. The fourth-order valence-corrected chi connectivity index (χ4v) is 4.56. The number of halogens is 1. The van der Waals surface area contributed by atoms with E-state index in [2.05, 4.69) is 15.2 Å². The maximum atomic E-state index is 12.7. The molecule has 6 nitrogen and oxygen atoms in total. The van der Waals surface area contributed by atoms with Crippen molar-refractivity contribution in [1.29, 1.82) is 0 Å². The number of hydrogen-bond acceptors (Lipinski definition) is 4. The van der Waals surface area contributed by atoms with Crippen LogP contribution in [0.4, 0.5) is 0 Å². The van der Waals surface area contributed by atoms with Crippen molar-refractivity contribution in [3.8, 4) is 0 Å². The summed E-state index contributed by atoms with van der Waals surface area (Å²) >= 11 is 5.93. The number of hydrogen-bond donors (Lipinski definition) is 1. The highest BCUT2D eigenvalue weighted by Crippen LogP contribution is 2.30. The van der Waals surface area contributed by atoms with Gasteiger partial charge >= 0.3 is 0 Å². The van der Waals surface area contributed by atoms with E-state index in [0.717, 1.165) is 18.5 Å². The first-order chi connectivity index (χ1) is 10.1.